The van der Waals surface area contributed by atoms with Gasteiger partial charge < -0.3 is 4.90 Å². The number of hydrogen-bond donors (Lipinski definition) is 0. The summed E-state index contributed by atoms with van der Waals surface area (Å²) in [5.41, 5.74) is 1.03. The minimum absolute atomic E-state index is 0.120. The first-order valence-electron chi connectivity index (χ1n) is 8.15. The zero-order valence-electron chi connectivity index (χ0n) is 14.2. The molecular formula is C17H26N2O3S. The van der Waals surface area contributed by atoms with Crippen LogP contribution in [0.2, 0.25) is 0 Å². The average molecular weight is 338 g/mol. The van der Waals surface area contributed by atoms with Crippen molar-refractivity contribution in [3.05, 3.63) is 29.8 Å². The lowest BCUT2D eigenvalue weighted by atomic mass is 10.1. The van der Waals surface area contributed by atoms with Crippen molar-refractivity contribution in [3.63, 3.8) is 0 Å². The number of carbonyl (C=O) groups is 1. The fraction of sp³-hybridized carbons (Fsp3) is 0.588. The Labute approximate surface area is 139 Å². The maximum atomic E-state index is 12.7. The maximum Gasteiger partial charge on any atom is 0.243 e. The molecule has 1 amide bonds. The summed E-state index contributed by atoms with van der Waals surface area (Å²) in [6.45, 7) is 7.89. The van der Waals surface area contributed by atoms with Crippen molar-refractivity contribution >= 4 is 15.9 Å². The Kier molecular flexibility index (Phi) is 5.81. The Hall–Kier alpha value is -1.40. The zero-order chi connectivity index (χ0) is 17.0. The molecule has 1 fully saturated rings. The summed E-state index contributed by atoms with van der Waals surface area (Å²) >= 11 is 0. The SMILES string of the molecule is Cc1ccc(S(=O)(=O)N2CCCN(C(=O)CC(C)C)CC2)cc1. The molecule has 128 valence electrons. The Morgan fingerprint density at radius 3 is 2.35 bits per heavy atom. The first kappa shape index (κ1) is 17.9. The maximum absolute atomic E-state index is 12.7. The molecule has 0 unspecified atom stereocenters. The predicted octanol–water partition coefficient (Wildman–Crippen LogP) is 2.26. The normalized spacial score (nSPS) is 17.3. The number of rotatable bonds is 4. The number of aryl methyl sites for hydroxylation is 1. The summed E-state index contributed by atoms with van der Waals surface area (Å²) in [5, 5.41) is 0. The molecule has 0 aliphatic carbocycles. The predicted molar refractivity (Wildman–Crippen MR) is 90.6 cm³/mol. The first-order valence-corrected chi connectivity index (χ1v) is 9.59. The summed E-state index contributed by atoms with van der Waals surface area (Å²) < 4.78 is 27.0. The zero-order valence-corrected chi connectivity index (χ0v) is 15.0. The Morgan fingerprint density at radius 1 is 1.09 bits per heavy atom. The molecule has 1 aliphatic rings. The first-order chi connectivity index (χ1) is 10.8. The highest BCUT2D eigenvalue weighted by molar-refractivity contribution is 7.89. The minimum atomic E-state index is -3.48. The van der Waals surface area contributed by atoms with E-state index in [1.807, 2.05) is 32.9 Å². The van der Waals surface area contributed by atoms with Crippen molar-refractivity contribution in [1.82, 2.24) is 9.21 Å². The fourth-order valence-electron chi connectivity index (χ4n) is 2.72. The molecule has 1 aliphatic heterocycles. The quantitative estimate of drug-likeness (QED) is 0.846. The molecule has 0 radical (unpaired) electrons. The largest absolute Gasteiger partial charge is 0.341 e. The summed E-state index contributed by atoms with van der Waals surface area (Å²) in [7, 11) is -3.48. The second-order valence-corrected chi connectivity index (χ2v) is 8.49. The summed E-state index contributed by atoms with van der Waals surface area (Å²) in [6, 6.07) is 6.92. The summed E-state index contributed by atoms with van der Waals surface area (Å²) in [5.74, 6) is 0.438. The lowest BCUT2D eigenvalue weighted by Gasteiger charge is -2.22. The lowest BCUT2D eigenvalue weighted by molar-refractivity contribution is -0.131. The fourth-order valence-corrected chi connectivity index (χ4v) is 4.19. The van der Waals surface area contributed by atoms with Crippen LogP contribution in [0.1, 0.15) is 32.3 Å². The van der Waals surface area contributed by atoms with E-state index in [1.54, 1.807) is 17.0 Å². The van der Waals surface area contributed by atoms with Crippen molar-refractivity contribution in [3.8, 4) is 0 Å². The van der Waals surface area contributed by atoms with Gasteiger partial charge in [-0.2, -0.15) is 4.31 Å². The van der Waals surface area contributed by atoms with Gasteiger partial charge in [0.2, 0.25) is 15.9 Å². The van der Waals surface area contributed by atoms with Gasteiger partial charge >= 0.3 is 0 Å². The minimum Gasteiger partial charge on any atom is -0.341 e. The molecule has 1 aromatic rings. The van der Waals surface area contributed by atoms with Crippen LogP contribution in [-0.4, -0.2) is 49.7 Å². The Morgan fingerprint density at radius 2 is 1.74 bits per heavy atom. The second-order valence-electron chi connectivity index (χ2n) is 6.55. The topological polar surface area (TPSA) is 57.7 Å². The van der Waals surface area contributed by atoms with Crippen LogP contribution in [0.15, 0.2) is 29.2 Å². The number of sulfonamides is 1. The molecule has 1 heterocycles. The third kappa shape index (κ3) is 4.54. The molecule has 1 aromatic carbocycles. The van der Waals surface area contributed by atoms with E-state index in [4.69, 9.17) is 0 Å². The Bertz CT molecular complexity index is 638. The molecule has 2 rings (SSSR count). The number of hydrogen-bond acceptors (Lipinski definition) is 3. The molecule has 0 spiro atoms. The average Bonchev–Trinajstić information content (AvgIpc) is 2.73. The molecule has 0 N–H and O–H groups in total. The van der Waals surface area contributed by atoms with Gasteiger partial charge in [0.15, 0.2) is 0 Å². The Balaban J connectivity index is 2.07. The van der Waals surface area contributed by atoms with Gasteiger partial charge in [-0.05, 0) is 31.4 Å². The lowest BCUT2D eigenvalue weighted by Crippen LogP contribution is -2.37. The van der Waals surface area contributed by atoms with Crippen LogP contribution in [-0.2, 0) is 14.8 Å². The van der Waals surface area contributed by atoms with Crippen LogP contribution in [0.4, 0.5) is 0 Å². The third-order valence-corrected chi connectivity index (χ3v) is 5.96. The molecule has 0 saturated carbocycles. The van der Waals surface area contributed by atoms with Gasteiger partial charge in [0.05, 0.1) is 4.90 Å². The number of nitrogens with zero attached hydrogens (tertiary/aromatic N) is 2. The molecular weight excluding hydrogens is 312 g/mol. The smallest absolute Gasteiger partial charge is 0.243 e. The molecule has 0 aromatic heterocycles. The van der Waals surface area contributed by atoms with Crippen molar-refractivity contribution in [2.45, 2.75) is 38.5 Å². The van der Waals surface area contributed by atoms with Crippen molar-refractivity contribution in [2.75, 3.05) is 26.2 Å². The number of amides is 1. The highest BCUT2D eigenvalue weighted by atomic mass is 32.2. The summed E-state index contributed by atoms with van der Waals surface area (Å²) in [6.07, 6.45) is 1.19. The van der Waals surface area contributed by atoms with Crippen molar-refractivity contribution in [2.24, 2.45) is 5.92 Å². The van der Waals surface area contributed by atoms with E-state index in [0.29, 0.717) is 49.8 Å². The van der Waals surface area contributed by atoms with Crippen molar-refractivity contribution < 1.29 is 13.2 Å². The molecule has 23 heavy (non-hydrogen) atoms. The van der Waals surface area contributed by atoms with Gasteiger partial charge in [0, 0.05) is 32.6 Å². The monoisotopic (exact) mass is 338 g/mol. The highest BCUT2D eigenvalue weighted by Gasteiger charge is 2.28. The van der Waals surface area contributed by atoms with Gasteiger partial charge in [-0.15, -0.1) is 0 Å². The van der Waals surface area contributed by atoms with Crippen LogP contribution in [0.25, 0.3) is 0 Å². The van der Waals surface area contributed by atoms with Gasteiger partial charge in [-0.1, -0.05) is 31.5 Å². The van der Waals surface area contributed by atoms with Crippen LogP contribution in [0.5, 0.6) is 0 Å². The van der Waals surface area contributed by atoms with E-state index in [9.17, 15) is 13.2 Å². The van der Waals surface area contributed by atoms with Crippen LogP contribution >= 0.6 is 0 Å². The van der Waals surface area contributed by atoms with Crippen molar-refractivity contribution in [1.29, 1.82) is 0 Å². The van der Waals surface area contributed by atoms with Gasteiger partial charge in [0.25, 0.3) is 0 Å². The van der Waals surface area contributed by atoms with Crippen LogP contribution < -0.4 is 0 Å². The van der Waals surface area contributed by atoms with E-state index in [2.05, 4.69) is 0 Å². The summed E-state index contributed by atoms with van der Waals surface area (Å²) in [4.78, 5) is 14.3. The third-order valence-electron chi connectivity index (χ3n) is 4.05. The number of benzene rings is 1. The van der Waals surface area contributed by atoms with E-state index >= 15 is 0 Å². The standard InChI is InChI=1S/C17H26N2O3S/c1-14(2)13-17(20)18-9-4-10-19(12-11-18)23(21,22)16-7-5-15(3)6-8-16/h5-8,14H,4,9-13H2,1-3H3. The van der Waals surface area contributed by atoms with E-state index in [0.717, 1.165) is 5.56 Å². The van der Waals surface area contributed by atoms with Gasteiger partial charge in [-0.25, -0.2) is 8.42 Å². The molecule has 1 saturated heterocycles. The molecule has 0 bridgehead atoms. The van der Waals surface area contributed by atoms with E-state index in [1.165, 1.54) is 4.31 Å². The second kappa shape index (κ2) is 7.45. The molecule has 6 heteroatoms. The molecule has 0 atom stereocenters. The van der Waals surface area contributed by atoms with Gasteiger partial charge in [0.1, 0.15) is 0 Å². The highest BCUT2D eigenvalue weighted by Crippen LogP contribution is 2.19. The van der Waals surface area contributed by atoms with E-state index < -0.39 is 10.0 Å². The van der Waals surface area contributed by atoms with Gasteiger partial charge in [-0.3, -0.25) is 4.79 Å². The number of carbonyl (C=O) groups excluding carboxylic acids is 1. The van der Waals surface area contributed by atoms with Crippen LogP contribution in [0, 0.1) is 12.8 Å². The van der Waals surface area contributed by atoms with E-state index in [-0.39, 0.29) is 5.91 Å². The molecule has 5 nitrogen and oxygen atoms in total. The van der Waals surface area contributed by atoms with Crippen LogP contribution in [0.3, 0.4) is 0 Å².